The van der Waals surface area contributed by atoms with Gasteiger partial charge in [0.1, 0.15) is 0 Å². The van der Waals surface area contributed by atoms with Crippen molar-refractivity contribution in [3.8, 4) is 34.1 Å². The zero-order valence-corrected chi connectivity index (χ0v) is 17.7. The Morgan fingerprint density at radius 2 is 1.39 bits per heavy atom. The van der Waals surface area contributed by atoms with E-state index in [1.165, 1.54) is 0 Å². The Labute approximate surface area is 171 Å². The summed E-state index contributed by atoms with van der Waals surface area (Å²) in [4.78, 5) is 0. The van der Waals surface area contributed by atoms with Crippen molar-refractivity contribution in [2.45, 2.75) is 6.42 Å². The Kier molecular flexibility index (Phi) is 7.05. The molecule has 152 valence electrons. The highest BCUT2D eigenvalue weighted by Gasteiger charge is 2.20. The van der Waals surface area contributed by atoms with Crippen LogP contribution in [0.2, 0.25) is 0 Å². The second-order valence-corrected chi connectivity index (χ2v) is 6.21. The number of hydrogen-bond acceptors (Lipinski definition) is 5. The highest BCUT2D eigenvalue weighted by molar-refractivity contribution is 6.00. The van der Waals surface area contributed by atoms with Gasteiger partial charge in [-0.05, 0) is 30.3 Å². The molecule has 0 spiro atoms. The number of ether oxygens (including phenoxy) is 4. The van der Waals surface area contributed by atoms with Gasteiger partial charge in [0.15, 0.2) is 23.0 Å². The maximum absolute atomic E-state index is 5.90. The molecule has 6 nitrogen and oxygen atoms in total. The summed E-state index contributed by atoms with van der Waals surface area (Å²) in [6, 6.07) is 9.95. The molecule has 0 fully saturated rings. The molecule has 0 amide bonds. The summed E-state index contributed by atoms with van der Waals surface area (Å²) in [6.07, 6.45) is 0.749. The number of aromatic nitrogens is 1. The van der Waals surface area contributed by atoms with Crippen molar-refractivity contribution < 1.29 is 18.9 Å². The van der Waals surface area contributed by atoms with Crippen molar-refractivity contribution in [3.05, 3.63) is 36.0 Å². The zero-order chi connectivity index (χ0) is 19.6. The fourth-order valence-corrected chi connectivity index (χ4v) is 3.56. The van der Waals surface area contributed by atoms with Gasteiger partial charge in [0, 0.05) is 36.2 Å². The smallest absolute Gasteiger partial charge is 0.162 e. The molecule has 0 saturated heterocycles. The Morgan fingerprint density at radius 3 is 1.96 bits per heavy atom. The molecule has 1 heterocycles. The quantitative estimate of drug-likeness (QED) is 0.646. The number of nitrogens with two attached hydrogens (primary N) is 1. The number of halogens is 1. The summed E-state index contributed by atoms with van der Waals surface area (Å²) < 4.78 is 24.0. The molecule has 2 aromatic carbocycles. The highest BCUT2D eigenvalue weighted by Crippen LogP contribution is 2.42. The second kappa shape index (κ2) is 9.08. The second-order valence-electron chi connectivity index (χ2n) is 6.21. The third-order valence-corrected chi connectivity index (χ3v) is 4.88. The molecule has 2 N–H and O–H groups in total. The van der Waals surface area contributed by atoms with Crippen LogP contribution in [0.5, 0.6) is 23.0 Å². The van der Waals surface area contributed by atoms with Gasteiger partial charge in [-0.1, -0.05) is 6.07 Å². The third kappa shape index (κ3) is 3.57. The standard InChI is InChI=1S/C21H26N2O4.ClH/c1-23-15(8-9-22)21(13-6-7-17(24-2)18(10-13)25-3)14-11-19(26-4)20(27-5)12-16(14)23;/h6-7,10-12H,8-9,22H2,1-5H3;1H. The third-order valence-electron chi connectivity index (χ3n) is 4.88. The van der Waals surface area contributed by atoms with Gasteiger partial charge in [0.05, 0.1) is 34.0 Å². The van der Waals surface area contributed by atoms with Crippen LogP contribution < -0.4 is 24.7 Å². The van der Waals surface area contributed by atoms with E-state index in [9.17, 15) is 0 Å². The van der Waals surface area contributed by atoms with Gasteiger partial charge in [0.2, 0.25) is 0 Å². The summed E-state index contributed by atoms with van der Waals surface area (Å²) >= 11 is 0. The molecule has 3 aromatic rings. The van der Waals surface area contributed by atoms with Crippen LogP contribution in [0.25, 0.3) is 22.0 Å². The minimum atomic E-state index is 0. The van der Waals surface area contributed by atoms with E-state index < -0.39 is 0 Å². The lowest BCUT2D eigenvalue weighted by Crippen LogP contribution is -2.07. The summed E-state index contributed by atoms with van der Waals surface area (Å²) in [5.74, 6) is 2.77. The van der Waals surface area contributed by atoms with Crippen molar-refractivity contribution >= 4 is 23.3 Å². The number of methoxy groups -OCH3 is 4. The monoisotopic (exact) mass is 406 g/mol. The summed E-state index contributed by atoms with van der Waals surface area (Å²) in [7, 11) is 8.60. The normalized spacial score (nSPS) is 10.5. The average Bonchev–Trinajstić information content (AvgIpc) is 2.97. The number of nitrogens with zero attached hydrogens (tertiary/aromatic N) is 1. The Morgan fingerprint density at radius 1 is 0.821 bits per heavy atom. The first-order chi connectivity index (χ1) is 13.1. The van der Waals surface area contributed by atoms with Crippen LogP contribution in [-0.4, -0.2) is 39.6 Å². The van der Waals surface area contributed by atoms with E-state index in [4.69, 9.17) is 24.7 Å². The van der Waals surface area contributed by atoms with Gasteiger partial charge in [0.25, 0.3) is 0 Å². The van der Waals surface area contributed by atoms with E-state index >= 15 is 0 Å². The molecule has 0 saturated carbocycles. The number of hydrogen-bond donors (Lipinski definition) is 1. The summed E-state index contributed by atoms with van der Waals surface area (Å²) in [6.45, 7) is 0.554. The lowest BCUT2D eigenvalue weighted by molar-refractivity contribution is 0.355. The first-order valence-corrected chi connectivity index (χ1v) is 8.75. The van der Waals surface area contributed by atoms with Gasteiger partial charge in [-0.15, -0.1) is 12.4 Å². The molecular weight excluding hydrogens is 380 g/mol. The molecule has 28 heavy (non-hydrogen) atoms. The van der Waals surface area contributed by atoms with Crippen molar-refractivity contribution in [3.63, 3.8) is 0 Å². The minimum Gasteiger partial charge on any atom is -0.493 e. The number of rotatable bonds is 7. The molecule has 0 atom stereocenters. The van der Waals surface area contributed by atoms with Gasteiger partial charge in [-0.3, -0.25) is 0 Å². The maximum Gasteiger partial charge on any atom is 0.162 e. The van der Waals surface area contributed by atoms with Crippen molar-refractivity contribution in [2.75, 3.05) is 35.0 Å². The van der Waals surface area contributed by atoms with Crippen LogP contribution in [0.3, 0.4) is 0 Å². The van der Waals surface area contributed by atoms with Gasteiger partial charge in [-0.2, -0.15) is 0 Å². The molecule has 0 bridgehead atoms. The van der Waals surface area contributed by atoms with E-state index in [1.807, 2.05) is 37.4 Å². The molecule has 1 aromatic heterocycles. The van der Waals surface area contributed by atoms with Gasteiger partial charge < -0.3 is 29.2 Å². The Bertz CT molecular complexity index is 969. The summed E-state index contributed by atoms with van der Waals surface area (Å²) in [5, 5.41) is 1.07. The Balaban J connectivity index is 0.00000280. The molecular formula is C21H27ClN2O4. The lowest BCUT2D eigenvalue weighted by atomic mass is 9.99. The molecule has 0 aliphatic rings. The fraction of sp³-hybridized carbons (Fsp3) is 0.333. The predicted octanol–water partition coefficient (Wildman–Crippen LogP) is 3.80. The Hall–Kier alpha value is -2.57. The molecule has 0 aliphatic carbocycles. The first kappa shape index (κ1) is 21.7. The van der Waals surface area contributed by atoms with Crippen LogP contribution in [-0.2, 0) is 13.5 Å². The zero-order valence-electron chi connectivity index (χ0n) is 16.9. The largest absolute Gasteiger partial charge is 0.493 e. The summed E-state index contributed by atoms with van der Waals surface area (Å²) in [5.41, 5.74) is 10.3. The first-order valence-electron chi connectivity index (χ1n) is 8.75. The highest BCUT2D eigenvalue weighted by atomic mass is 35.5. The van der Waals surface area contributed by atoms with Crippen LogP contribution in [0.15, 0.2) is 30.3 Å². The predicted molar refractivity (Wildman–Crippen MR) is 115 cm³/mol. The fourth-order valence-electron chi connectivity index (χ4n) is 3.56. The minimum absolute atomic E-state index is 0. The molecule has 0 aliphatic heterocycles. The number of benzene rings is 2. The van der Waals surface area contributed by atoms with E-state index in [1.54, 1.807) is 28.4 Å². The SMILES string of the molecule is COc1ccc(-c2c(CCN)n(C)c3cc(OC)c(OC)cc23)cc1OC.Cl. The van der Waals surface area contributed by atoms with Crippen LogP contribution in [0.1, 0.15) is 5.69 Å². The molecule has 0 unspecified atom stereocenters. The molecule has 0 radical (unpaired) electrons. The van der Waals surface area contributed by atoms with E-state index in [0.29, 0.717) is 29.5 Å². The average molecular weight is 407 g/mol. The van der Waals surface area contributed by atoms with Crippen LogP contribution in [0.4, 0.5) is 0 Å². The number of aryl methyl sites for hydroxylation is 1. The van der Waals surface area contributed by atoms with Crippen molar-refractivity contribution in [1.82, 2.24) is 4.57 Å². The van der Waals surface area contributed by atoms with Crippen molar-refractivity contribution in [2.24, 2.45) is 12.8 Å². The van der Waals surface area contributed by atoms with Crippen LogP contribution >= 0.6 is 12.4 Å². The van der Waals surface area contributed by atoms with Crippen LogP contribution in [0, 0.1) is 0 Å². The number of fused-ring (bicyclic) bond motifs is 1. The molecule has 3 rings (SSSR count). The topological polar surface area (TPSA) is 67.9 Å². The van der Waals surface area contributed by atoms with Crippen molar-refractivity contribution in [1.29, 1.82) is 0 Å². The van der Waals surface area contributed by atoms with E-state index in [-0.39, 0.29) is 12.4 Å². The van der Waals surface area contributed by atoms with Gasteiger partial charge in [-0.25, -0.2) is 0 Å². The maximum atomic E-state index is 5.90. The van der Waals surface area contributed by atoms with E-state index in [0.717, 1.165) is 34.1 Å². The molecule has 7 heteroatoms. The van der Waals surface area contributed by atoms with E-state index in [2.05, 4.69) is 4.57 Å². The lowest BCUT2D eigenvalue weighted by Gasteiger charge is -2.12. The van der Waals surface area contributed by atoms with Gasteiger partial charge >= 0.3 is 0 Å².